The number of carbonyl (C=O) groups excluding carboxylic acids is 1. The molecule has 0 radical (unpaired) electrons. The van der Waals surface area contributed by atoms with Gasteiger partial charge in [0, 0.05) is 18.2 Å². The van der Waals surface area contributed by atoms with Crippen molar-refractivity contribution in [1.29, 1.82) is 0 Å². The van der Waals surface area contributed by atoms with Gasteiger partial charge in [-0.1, -0.05) is 0 Å². The van der Waals surface area contributed by atoms with E-state index in [9.17, 15) is 15.0 Å². The van der Waals surface area contributed by atoms with Crippen LogP contribution in [0.25, 0.3) is 0 Å². The molecule has 18 heavy (non-hydrogen) atoms. The maximum atomic E-state index is 12.3. The van der Waals surface area contributed by atoms with Gasteiger partial charge in [-0.25, -0.2) is 0 Å². The summed E-state index contributed by atoms with van der Waals surface area (Å²) in [5.41, 5.74) is 5.87. The Morgan fingerprint density at radius 2 is 2.06 bits per heavy atom. The van der Waals surface area contributed by atoms with Crippen LogP contribution in [0.5, 0.6) is 11.5 Å². The number of carbonyl (C=O) groups is 1. The van der Waals surface area contributed by atoms with Gasteiger partial charge in [0.2, 0.25) is 0 Å². The number of rotatable bonds is 5. The van der Waals surface area contributed by atoms with E-state index in [1.54, 1.807) is 4.90 Å². The standard InChI is InChI=1S/C13H18N2O3/c14-6-1-7-15(10-3-4-10)13(18)9-2-5-11(16)12(17)8-9/h2,5,8,10,16-17H,1,3-4,6-7,14H2. The van der Waals surface area contributed by atoms with Gasteiger partial charge in [-0.05, 0) is 44.0 Å². The zero-order valence-electron chi connectivity index (χ0n) is 10.2. The number of amides is 1. The summed E-state index contributed by atoms with van der Waals surface area (Å²) in [5.74, 6) is -0.594. The van der Waals surface area contributed by atoms with E-state index >= 15 is 0 Å². The van der Waals surface area contributed by atoms with Crippen LogP contribution in [0.4, 0.5) is 0 Å². The first-order valence-electron chi connectivity index (χ1n) is 6.16. The summed E-state index contributed by atoms with van der Waals surface area (Å²) >= 11 is 0. The van der Waals surface area contributed by atoms with Gasteiger partial charge in [0.25, 0.3) is 5.91 Å². The summed E-state index contributed by atoms with van der Waals surface area (Å²) in [6.07, 6.45) is 2.83. The molecule has 0 aliphatic heterocycles. The third kappa shape index (κ3) is 2.73. The number of nitrogens with two attached hydrogens (primary N) is 1. The predicted octanol–water partition coefficient (Wildman–Crippen LogP) is 1.05. The Labute approximate surface area is 106 Å². The van der Waals surface area contributed by atoms with Gasteiger partial charge in [0.1, 0.15) is 0 Å². The molecule has 1 aromatic rings. The Bertz CT molecular complexity index is 444. The van der Waals surface area contributed by atoms with Crippen molar-refractivity contribution in [2.75, 3.05) is 13.1 Å². The second-order valence-corrected chi connectivity index (χ2v) is 4.58. The Balaban J connectivity index is 2.13. The highest BCUT2D eigenvalue weighted by Crippen LogP contribution is 2.30. The van der Waals surface area contributed by atoms with Crippen molar-refractivity contribution >= 4 is 5.91 Å². The molecule has 1 aromatic carbocycles. The van der Waals surface area contributed by atoms with E-state index in [1.807, 2.05) is 0 Å². The van der Waals surface area contributed by atoms with Crippen molar-refractivity contribution in [2.24, 2.45) is 5.73 Å². The highest BCUT2D eigenvalue weighted by atomic mass is 16.3. The van der Waals surface area contributed by atoms with Crippen LogP contribution >= 0.6 is 0 Å². The van der Waals surface area contributed by atoms with Crippen molar-refractivity contribution in [3.8, 4) is 11.5 Å². The Hall–Kier alpha value is -1.75. The van der Waals surface area contributed by atoms with Gasteiger partial charge in [-0.15, -0.1) is 0 Å². The Kier molecular flexibility index (Phi) is 3.72. The fourth-order valence-electron chi connectivity index (χ4n) is 1.92. The number of nitrogens with zero attached hydrogens (tertiary/aromatic N) is 1. The lowest BCUT2D eigenvalue weighted by atomic mass is 10.1. The molecule has 0 atom stereocenters. The molecule has 0 spiro atoms. The molecule has 4 N–H and O–H groups in total. The van der Waals surface area contributed by atoms with Crippen LogP contribution < -0.4 is 5.73 Å². The molecule has 0 bridgehead atoms. The molecule has 2 rings (SSSR count). The number of benzene rings is 1. The van der Waals surface area contributed by atoms with E-state index in [0.717, 1.165) is 19.3 Å². The molecule has 0 unspecified atom stereocenters. The molecule has 5 nitrogen and oxygen atoms in total. The number of aromatic hydroxyl groups is 2. The zero-order valence-corrected chi connectivity index (χ0v) is 10.2. The van der Waals surface area contributed by atoms with Gasteiger partial charge < -0.3 is 20.8 Å². The first-order chi connectivity index (χ1) is 8.63. The summed E-state index contributed by atoms with van der Waals surface area (Å²) < 4.78 is 0. The first-order valence-corrected chi connectivity index (χ1v) is 6.16. The third-order valence-electron chi connectivity index (χ3n) is 3.07. The topological polar surface area (TPSA) is 86.8 Å². The molecular formula is C13H18N2O3. The average Bonchev–Trinajstić information content (AvgIpc) is 3.17. The van der Waals surface area contributed by atoms with E-state index < -0.39 is 0 Å². The lowest BCUT2D eigenvalue weighted by Gasteiger charge is -2.22. The number of phenolic OH excluding ortho intramolecular Hbond substituents is 2. The molecule has 1 aliphatic rings. The third-order valence-corrected chi connectivity index (χ3v) is 3.07. The van der Waals surface area contributed by atoms with Crippen LogP contribution in [-0.2, 0) is 0 Å². The second kappa shape index (κ2) is 5.27. The Morgan fingerprint density at radius 3 is 2.61 bits per heavy atom. The van der Waals surface area contributed by atoms with Crippen LogP contribution in [0.15, 0.2) is 18.2 Å². The van der Waals surface area contributed by atoms with E-state index in [4.69, 9.17) is 5.73 Å². The van der Waals surface area contributed by atoms with E-state index in [1.165, 1.54) is 18.2 Å². The SMILES string of the molecule is NCCCN(C(=O)c1ccc(O)c(O)c1)C1CC1. The molecular weight excluding hydrogens is 232 g/mol. The van der Waals surface area contributed by atoms with Crippen molar-refractivity contribution < 1.29 is 15.0 Å². The summed E-state index contributed by atoms with van der Waals surface area (Å²) in [5, 5.41) is 18.7. The summed E-state index contributed by atoms with van der Waals surface area (Å²) in [6, 6.07) is 4.46. The summed E-state index contributed by atoms with van der Waals surface area (Å²) in [4.78, 5) is 14.1. The van der Waals surface area contributed by atoms with E-state index in [-0.39, 0.29) is 17.4 Å². The van der Waals surface area contributed by atoms with Crippen molar-refractivity contribution in [2.45, 2.75) is 25.3 Å². The van der Waals surface area contributed by atoms with Crippen LogP contribution in [0.3, 0.4) is 0 Å². The van der Waals surface area contributed by atoms with Crippen molar-refractivity contribution in [1.82, 2.24) is 4.90 Å². The van der Waals surface area contributed by atoms with E-state index in [2.05, 4.69) is 0 Å². The lowest BCUT2D eigenvalue weighted by molar-refractivity contribution is 0.0741. The zero-order chi connectivity index (χ0) is 13.1. The maximum absolute atomic E-state index is 12.3. The summed E-state index contributed by atoms with van der Waals surface area (Å²) in [7, 11) is 0. The highest BCUT2D eigenvalue weighted by Gasteiger charge is 2.32. The first kappa shape index (κ1) is 12.7. The van der Waals surface area contributed by atoms with Crippen LogP contribution in [0, 0.1) is 0 Å². The fourth-order valence-corrected chi connectivity index (χ4v) is 1.92. The summed E-state index contributed by atoms with van der Waals surface area (Å²) in [6.45, 7) is 1.19. The highest BCUT2D eigenvalue weighted by molar-refractivity contribution is 5.95. The van der Waals surface area contributed by atoms with Gasteiger partial charge in [-0.2, -0.15) is 0 Å². The quantitative estimate of drug-likeness (QED) is 0.682. The van der Waals surface area contributed by atoms with E-state index in [0.29, 0.717) is 24.7 Å². The van der Waals surface area contributed by atoms with Crippen LogP contribution in [-0.4, -0.2) is 40.2 Å². The predicted molar refractivity (Wildman–Crippen MR) is 67.5 cm³/mol. The lowest BCUT2D eigenvalue weighted by Crippen LogP contribution is -2.34. The molecule has 1 saturated carbocycles. The minimum atomic E-state index is -0.268. The largest absolute Gasteiger partial charge is 0.504 e. The normalized spacial score (nSPS) is 14.5. The number of phenols is 2. The van der Waals surface area contributed by atoms with Gasteiger partial charge in [0.05, 0.1) is 0 Å². The van der Waals surface area contributed by atoms with Crippen LogP contribution in [0.1, 0.15) is 29.6 Å². The Morgan fingerprint density at radius 1 is 1.33 bits per heavy atom. The van der Waals surface area contributed by atoms with Crippen molar-refractivity contribution in [3.05, 3.63) is 23.8 Å². The molecule has 1 fully saturated rings. The number of hydrogen-bond donors (Lipinski definition) is 3. The molecule has 1 amide bonds. The van der Waals surface area contributed by atoms with Crippen LogP contribution in [0.2, 0.25) is 0 Å². The minimum absolute atomic E-state index is 0.110. The molecule has 0 aromatic heterocycles. The van der Waals surface area contributed by atoms with Gasteiger partial charge in [0.15, 0.2) is 11.5 Å². The molecule has 98 valence electrons. The average molecular weight is 250 g/mol. The molecule has 0 heterocycles. The second-order valence-electron chi connectivity index (χ2n) is 4.58. The van der Waals surface area contributed by atoms with Crippen molar-refractivity contribution in [3.63, 3.8) is 0 Å². The minimum Gasteiger partial charge on any atom is -0.504 e. The number of hydrogen-bond acceptors (Lipinski definition) is 4. The van der Waals surface area contributed by atoms with Gasteiger partial charge in [-0.3, -0.25) is 4.79 Å². The smallest absolute Gasteiger partial charge is 0.254 e. The molecule has 0 saturated heterocycles. The maximum Gasteiger partial charge on any atom is 0.254 e. The van der Waals surface area contributed by atoms with Gasteiger partial charge >= 0.3 is 0 Å². The molecule has 5 heteroatoms. The molecule has 1 aliphatic carbocycles. The fraction of sp³-hybridized carbons (Fsp3) is 0.462. The monoisotopic (exact) mass is 250 g/mol.